The van der Waals surface area contributed by atoms with Crippen LogP contribution in [0.15, 0.2) is 24.3 Å². The summed E-state index contributed by atoms with van der Waals surface area (Å²) in [6.07, 6.45) is -0.100. The Hall–Kier alpha value is -1.84. The number of carbonyl (C=O) groups is 2. The normalized spacial score (nSPS) is 10.2. The smallest absolute Gasteiger partial charge is 0.231 e. The van der Waals surface area contributed by atoms with Crippen molar-refractivity contribution in [1.82, 2.24) is 0 Å². The van der Waals surface area contributed by atoms with Gasteiger partial charge in [0, 0.05) is 11.8 Å². The quantitative estimate of drug-likeness (QED) is 0.788. The predicted octanol–water partition coefficient (Wildman–Crippen LogP) is 2.64. The van der Waals surface area contributed by atoms with Crippen molar-refractivity contribution in [2.45, 2.75) is 27.2 Å². The Morgan fingerprint density at radius 1 is 1.33 bits per heavy atom. The number of nitrogens with one attached hydrogen (secondary N) is 1. The second-order valence-electron chi connectivity index (χ2n) is 4.66. The minimum atomic E-state index is -0.302. The number of amides is 1. The summed E-state index contributed by atoms with van der Waals surface area (Å²) in [4.78, 5) is 22.2. The Labute approximate surface area is 107 Å². The van der Waals surface area contributed by atoms with E-state index in [0.717, 1.165) is 0 Å². The summed E-state index contributed by atoms with van der Waals surface area (Å²) in [6, 6.07) is 7.16. The van der Waals surface area contributed by atoms with E-state index < -0.39 is 0 Å². The monoisotopic (exact) mass is 249 g/mol. The fourth-order valence-corrected chi connectivity index (χ4v) is 1.36. The van der Waals surface area contributed by atoms with Crippen LogP contribution in [0.3, 0.4) is 0 Å². The molecule has 0 aromatic heterocycles. The molecule has 1 amide bonds. The Balaban J connectivity index is 2.59. The molecule has 0 heterocycles. The fraction of sp³-hybridized carbons (Fsp3) is 0.429. The van der Waals surface area contributed by atoms with Crippen LogP contribution in [0.4, 0.5) is 5.69 Å². The van der Waals surface area contributed by atoms with Crippen molar-refractivity contribution in [2.24, 2.45) is 5.92 Å². The van der Waals surface area contributed by atoms with Crippen molar-refractivity contribution in [3.05, 3.63) is 24.3 Å². The van der Waals surface area contributed by atoms with E-state index in [2.05, 4.69) is 19.2 Å². The topological polar surface area (TPSA) is 55.4 Å². The van der Waals surface area contributed by atoms with Crippen LogP contribution in [0.25, 0.3) is 0 Å². The third kappa shape index (κ3) is 5.48. The molecule has 1 N–H and O–H groups in total. The van der Waals surface area contributed by atoms with Crippen LogP contribution in [0, 0.1) is 5.92 Å². The Kier molecular flexibility index (Phi) is 5.36. The zero-order valence-corrected chi connectivity index (χ0v) is 11.0. The van der Waals surface area contributed by atoms with E-state index in [1.807, 2.05) is 6.07 Å². The van der Waals surface area contributed by atoms with Gasteiger partial charge in [-0.25, -0.2) is 0 Å². The van der Waals surface area contributed by atoms with Crippen molar-refractivity contribution >= 4 is 17.4 Å². The molecule has 0 spiro atoms. The maximum atomic E-state index is 11.4. The SMILES string of the molecule is CC(=O)CC(=O)Nc1cccc(OCC(C)C)c1. The molecule has 0 fully saturated rings. The number of Topliss-reactive ketones (excluding diaryl/α,β-unsaturated/α-hetero) is 1. The molecule has 0 bridgehead atoms. The van der Waals surface area contributed by atoms with Crippen LogP contribution in [0.5, 0.6) is 5.75 Å². The zero-order chi connectivity index (χ0) is 13.5. The molecule has 0 radical (unpaired) electrons. The van der Waals surface area contributed by atoms with Gasteiger partial charge in [0.2, 0.25) is 5.91 Å². The molecule has 0 aliphatic rings. The van der Waals surface area contributed by atoms with Gasteiger partial charge in [-0.15, -0.1) is 0 Å². The molecule has 4 heteroatoms. The molecule has 0 aliphatic carbocycles. The molecular weight excluding hydrogens is 230 g/mol. The molecule has 4 nitrogen and oxygen atoms in total. The van der Waals surface area contributed by atoms with Gasteiger partial charge in [-0.1, -0.05) is 19.9 Å². The molecule has 0 aliphatic heterocycles. The molecule has 0 atom stereocenters. The highest BCUT2D eigenvalue weighted by Gasteiger charge is 2.06. The average Bonchev–Trinajstić information content (AvgIpc) is 2.25. The van der Waals surface area contributed by atoms with Crippen LogP contribution >= 0.6 is 0 Å². The van der Waals surface area contributed by atoms with Crippen molar-refractivity contribution in [2.75, 3.05) is 11.9 Å². The van der Waals surface area contributed by atoms with Gasteiger partial charge in [0.15, 0.2) is 0 Å². The van der Waals surface area contributed by atoms with Crippen LogP contribution < -0.4 is 10.1 Å². The lowest BCUT2D eigenvalue weighted by Gasteiger charge is -2.10. The predicted molar refractivity (Wildman–Crippen MR) is 70.7 cm³/mol. The van der Waals surface area contributed by atoms with Crippen molar-refractivity contribution in [3.8, 4) is 5.75 Å². The van der Waals surface area contributed by atoms with Crippen molar-refractivity contribution in [3.63, 3.8) is 0 Å². The maximum Gasteiger partial charge on any atom is 0.231 e. The van der Waals surface area contributed by atoms with Gasteiger partial charge in [0.1, 0.15) is 11.5 Å². The van der Waals surface area contributed by atoms with Gasteiger partial charge in [-0.05, 0) is 25.0 Å². The van der Waals surface area contributed by atoms with E-state index >= 15 is 0 Å². The van der Waals surface area contributed by atoms with Gasteiger partial charge in [0.25, 0.3) is 0 Å². The number of carbonyl (C=O) groups excluding carboxylic acids is 2. The molecule has 0 unspecified atom stereocenters. The molecule has 1 aromatic rings. The number of ether oxygens (including phenoxy) is 1. The fourth-order valence-electron chi connectivity index (χ4n) is 1.36. The number of anilines is 1. The molecule has 98 valence electrons. The van der Waals surface area contributed by atoms with E-state index in [-0.39, 0.29) is 18.1 Å². The number of hydrogen-bond acceptors (Lipinski definition) is 3. The number of benzene rings is 1. The van der Waals surface area contributed by atoms with Gasteiger partial charge in [0.05, 0.1) is 13.0 Å². The third-order valence-corrected chi connectivity index (χ3v) is 2.11. The highest BCUT2D eigenvalue weighted by molar-refractivity contribution is 6.03. The molecule has 1 rings (SSSR count). The van der Waals surface area contributed by atoms with E-state index in [0.29, 0.717) is 24.0 Å². The standard InChI is InChI=1S/C14H19NO3/c1-10(2)9-18-13-6-4-5-12(8-13)15-14(17)7-11(3)16/h4-6,8,10H,7,9H2,1-3H3,(H,15,17). The highest BCUT2D eigenvalue weighted by Crippen LogP contribution is 2.18. The molecule has 18 heavy (non-hydrogen) atoms. The first-order valence-electron chi connectivity index (χ1n) is 5.99. The summed E-state index contributed by atoms with van der Waals surface area (Å²) < 4.78 is 5.55. The minimum absolute atomic E-state index is 0.100. The summed E-state index contributed by atoms with van der Waals surface area (Å²) in [7, 11) is 0. The lowest BCUT2D eigenvalue weighted by Crippen LogP contribution is -2.14. The van der Waals surface area contributed by atoms with E-state index in [4.69, 9.17) is 4.74 Å². The zero-order valence-electron chi connectivity index (χ0n) is 11.0. The Bertz CT molecular complexity index is 427. The first kappa shape index (κ1) is 14.2. The van der Waals surface area contributed by atoms with Crippen LogP contribution in [-0.4, -0.2) is 18.3 Å². The lowest BCUT2D eigenvalue weighted by atomic mass is 10.2. The summed E-state index contributed by atoms with van der Waals surface area (Å²) in [6.45, 7) is 6.16. The van der Waals surface area contributed by atoms with Gasteiger partial charge < -0.3 is 10.1 Å². The second-order valence-corrected chi connectivity index (χ2v) is 4.66. The summed E-state index contributed by atoms with van der Waals surface area (Å²) in [5, 5.41) is 2.66. The number of rotatable bonds is 6. The van der Waals surface area contributed by atoms with Gasteiger partial charge >= 0.3 is 0 Å². The minimum Gasteiger partial charge on any atom is -0.493 e. The molecule has 0 saturated heterocycles. The molecular formula is C14H19NO3. The number of hydrogen-bond donors (Lipinski definition) is 1. The lowest BCUT2D eigenvalue weighted by molar-refractivity contribution is -0.124. The van der Waals surface area contributed by atoms with E-state index in [1.165, 1.54) is 6.92 Å². The third-order valence-electron chi connectivity index (χ3n) is 2.11. The Morgan fingerprint density at radius 2 is 2.06 bits per heavy atom. The first-order valence-corrected chi connectivity index (χ1v) is 5.99. The Morgan fingerprint density at radius 3 is 2.67 bits per heavy atom. The second kappa shape index (κ2) is 6.79. The summed E-state index contributed by atoms with van der Waals surface area (Å²) >= 11 is 0. The summed E-state index contributed by atoms with van der Waals surface area (Å²) in [5.74, 6) is 0.702. The number of ketones is 1. The van der Waals surface area contributed by atoms with E-state index in [9.17, 15) is 9.59 Å². The highest BCUT2D eigenvalue weighted by atomic mass is 16.5. The largest absolute Gasteiger partial charge is 0.493 e. The van der Waals surface area contributed by atoms with Crippen LogP contribution in [-0.2, 0) is 9.59 Å². The van der Waals surface area contributed by atoms with Gasteiger partial charge in [-0.2, -0.15) is 0 Å². The maximum absolute atomic E-state index is 11.4. The van der Waals surface area contributed by atoms with Crippen LogP contribution in [0.1, 0.15) is 27.2 Å². The van der Waals surface area contributed by atoms with Crippen LogP contribution in [0.2, 0.25) is 0 Å². The van der Waals surface area contributed by atoms with Gasteiger partial charge in [-0.3, -0.25) is 9.59 Å². The average molecular weight is 249 g/mol. The first-order chi connectivity index (χ1) is 8.47. The molecule has 0 saturated carbocycles. The van der Waals surface area contributed by atoms with E-state index in [1.54, 1.807) is 18.2 Å². The van der Waals surface area contributed by atoms with Crippen molar-refractivity contribution < 1.29 is 14.3 Å². The van der Waals surface area contributed by atoms with Crippen molar-refractivity contribution in [1.29, 1.82) is 0 Å². The summed E-state index contributed by atoms with van der Waals surface area (Å²) in [5.41, 5.74) is 0.641. The molecule has 1 aromatic carbocycles.